The van der Waals surface area contributed by atoms with E-state index in [1.807, 2.05) is 0 Å². The van der Waals surface area contributed by atoms with Crippen LogP contribution in [0.4, 0.5) is 0 Å². The molecule has 0 aromatic carbocycles. The van der Waals surface area contributed by atoms with Crippen molar-refractivity contribution in [2.75, 3.05) is 25.6 Å². The Morgan fingerprint density at radius 1 is 1.50 bits per heavy atom. The maximum absolute atomic E-state index is 12.9. The molecule has 3 heterocycles. The molecule has 0 radical (unpaired) electrons. The predicted octanol–water partition coefficient (Wildman–Crippen LogP) is 1.03. The van der Waals surface area contributed by atoms with E-state index in [1.165, 1.54) is 16.8 Å². The van der Waals surface area contributed by atoms with Gasteiger partial charge in [-0.25, -0.2) is 9.36 Å². The second kappa shape index (κ2) is 8.70. The average Bonchev–Trinajstić information content (AvgIpc) is 3.00. The first kappa shape index (κ1) is 23.4. The summed E-state index contributed by atoms with van der Waals surface area (Å²) in [5.41, 5.74) is -3.05. The second-order valence-electron chi connectivity index (χ2n) is 7.96. The number of nitrogens with one attached hydrogen (secondary N) is 1. The maximum Gasteiger partial charge on any atom is 0.475 e. The van der Waals surface area contributed by atoms with Gasteiger partial charge in [0.25, 0.3) is 5.56 Å². The van der Waals surface area contributed by atoms with Crippen LogP contribution in [-0.2, 0) is 27.7 Å². The average molecular weight is 464 g/mol. The molecule has 0 spiro atoms. The van der Waals surface area contributed by atoms with Crippen LogP contribution in [0.1, 0.15) is 33.4 Å². The Morgan fingerprint density at radius 3 is 2.90 bits per heavy atom. The fourth-order valence-corrected chi connectivity index (χ4v) is 5.48. The van der Waals surface area contributed by atoms with Gasteiger partial charge in [0.2, 0.25) is 0 Å². The molecule has 168 valence electrons. The number of thioether (sulfide) groups is 1. The Balaban J connectivity index is 1.58. The van der Waals surface area contributed by atoms with E-state index in [-0.39, 0.29) is 37.1 Å². The van der Waals surface area contributed by atoms with Crippen LogP contribution in [-0.4, -0.2) is 57.1 Å². The number of phosphoric ester groups is 1. The minimum absolute atomic E-state index is 0.0559. The third kappa shape index (κ3) is 4.96. The Bertz CT molecular complexity index is 961. The third-order valence-electron chi connectivity index (χ3n) is 4.96. The van der Waals surface area contributed by atoms with Crippen LogP contribution in [0.2, 0.25) is 0 Å². The van der Waals surface area contributed by atoms with Gasteiger partial charge in [-0.1, -0.05) is 11.8 Å². The quantitative estimate of drug-likeness (QED) is 0.443. The van der Waals surface area contributed by atoms with Crippen LogP contribution < -0.4 is 11.2 Å². The highest BCUT2D eigenvalue weighted by atomic mass is 32.2. The molecule has 2 aliphatic rings. The molecule has 13 heteroatoms. The first-order valence-electron chi connectivity index (χ1n) is 9.33. The highest BCUT2D eigenvalue weighted by molar-refractivity contribution is 8.13. The van der Waals surface area contributed by atoms with Gasteiger partial charge in [-0.3, -0.25) is 32.7 Å². The van der Waals surface area contributed by atoms with Gasteiger partial charge in [0.15, 0.2) is 5.12 Å². The molecular formula is C17H25N2O9PS. The third-order valence-corrected chi connectivity index (χ3v) is 7.75. The van der Waals surface area contributed by atoms with Crippen LogP contribution in [0.3, 0.4) is 0 Å². The van der Waals surface area contributed by atoms with Gasteiger partial charge >= 0.3 is 13.5 Å². The molecule has 2 N–H and O–H groups in total. The summed E-state index contributed by atoms with van der Waals surface area (Å²) in [5.74, 6) is 0.213. The van der Waals surface area contributed by atoms with Crippen LogP contribution in [0, 0.1) is 5.41 Å². The van der Waals surface area contributed by atoms with Crippen molar-refractivity contribution in [2.24, 2.45) is 5.41 Å². The molecule has 30 heavy (non-hydrogen) atoms. The number of fused-ring (bicyclic) bond motifs is 1. The summed E-state index contributed by atoms with van der Waals surface area (Å²) < 4.78 is 36.2. The summed E-state index contributed by atoms with van der Waals surface area (Å²) >= 11 is 0.966. The largest absolute Gasteiger partial charge is 0.475 e. The fourth-order valence-electron chi connectivity index (χ4n) is 3.04. The van der Waals surface area contributed by atoms with E-state index in [4.69, 9.17) is 18.3 Å². The van der Waals surface area contributed by atoms with Crippen molar-refractivity contribution in [1.82, 2.24) is 9.55 Å². The van der Waals surface area contributed by atoms with Crippen molar-refractivity contribution in [3.05, 3.63) is 33.1 Å². The lowest BCUT2D eigenvalue weighted by Crippen LogP contribution is -2.44. The Labute approximate surface area is 176 Å². The molecule has 3 rings (SSSR count). The molecule has 0 amide bonds. The SMILES string of the molecule is CC(C)(CO)C(=O)SCCOP1(=O)OC[C@H]2O[C@@H](n3ccc(=O)[nH]c3=O)C[C@]2(C)O1. The lowest BCUT2D eigenvalue weighted by Gasteiger charge is -2.37. The van der Waals surface area contributed by atoms with E-state index in [2.05, 4.69) is 4.98 Å². The number of phosphoric acid groups is 1. The summed E-state index contributed by atoms with van der Waals surface area (Å²) in [7, 11) is -3.89. The van der Waals surface area contributed by atoms with Crippen molar-refractivity contribution < 1.29 is 32.8 Å². The molecule has 1 aromatic heterocycles. The molecule has 2 saturated heterocycles. The van der Waals surface area contributed by atoms with Gasteiger partial charge in [-0.2, -0.15) is 0 Å². The van der Waals surface area contributed by atoms with Gasteiger partial charge in [0.1, 0.15) is 17.9 Å². The molecule has 11 nitrogen and oxygen atoms in total. The van der Waals surface area contributed by atoms with E-state index in [1.54, 1.807) is 20.8 Å². The smallest absolute Gasteiger partial charge is 0.395 e. The van der Waals surface area contributed by atoms with Crippen molar-refractivity contribution in [2.45, 2.75) is 45.1 Å². The highest BCUT2D eigenvalue weighted by Gasteiger charge is 2.56. The first-order valence-corrected chi connectivity index (χ1v) is 11.8. The minimum Gasteiger partial charge on any atom is -0.395 e. The zero-order chi connectivity index (χ0) is 22.2. The van der Waals surface area contributed by atoms with E-state index in [0.717, 1.165) is 11.8 Å². The minimum atomic E-state index is -3.89. The van der Waals surface area contributed by atoms with Gasteiger partial charge in [0.05, 0.1) is 25.2 Å². The molecule has 2 aliphatic heterocycles. The van der Waals surface area contributed by atoms with E-state index in [9.17, 15) is 24.1 Å². The maximum atomic E-state index is 12.9. The number of rotatable bonds is 7. The number of nitrogens with zero attached hydrogens (tertiary/aromatic N) is 1. The molecular weight excluding hydrogens is 439 g/mol. The number of H-pyrrole nitrogens is 1. The summed E-state index contributed by atoms with van der Waals surface area (Å²) in [6, 6.07) is 1.21. The number of hydrogen-bond donors (Lipinski definition) is 2. The van der Waals surface area contributed by atoms with Crippen LogP contribution in [0.5, 0.6) is 0 Å². The van der Waals surface area contributed by atoms with Crippen molar-refractivity contribution >= 4 is 24.7 Å². The Morgan fingerprint density at radius 2 is 2.23 bits per heavy atom. The number of aromatic amines is 1. The van der Waals surface area contributed by atoms with Gasteiger partial charge in [-0.15, -0.1) is 0 Å². The predicted molar refractivity (Wildman–Crippen MR) is 107 cm³/mol. The summed E-state index contributed by atoms with van der Waals surface area (Å²) in [6.07, 6.45) is 0.200. The van der Waals surface area contributed by atoms with Crippen LogP contribution in [0.15, 0.2) is 21.9 Å². The number of carbonyl (C=O) groups excluding carboxylic acids is 1. The monoisotopic (exact) mass is 464 g/mol. The second-order valence-corrected chi connectivity index (χ2v) is 10.6. The number of carbonyl (C=O) groups is 1. The van der Waals surface area contributed by atoms with Crippen molar-refractivity contribution in [3.8, 4) is 0 Å². The number of aliphatic hydroxyl groups excluding tert-OH is 1. The van der Waals surface area contributed by atoms with Crippen molar-refractivity contribution in [1.29, 1.82) is 0 Å². The lowest BCUT2D eigenvalue weighted by atomic mass is 9.97. The van der Waals surface area contributed by atoms with E-state index < -0.39 is 42.4 Å². The zero-order valence-electron chi connectivity index (χ0n) is 16.9. The Hall–Kier alpha value is -1.27. The van der Waals surface area contributed by atoms with Gasteiger partial charge in [0, 0.05) is 24.4 Å². The standard InChI is InChI=1S/C17H25N2O9PS/c1-16(2,10-20)14(22)30-7-6-25-29(24)26-9-11-17(3,28-29)8-13(27-11)19-5-4-12(21)18-15(19)23/h4-5,11,13,20H,6-10H2,1-3H3,(H,18,21,23)/t11-,13-,17+,29?/m1/s1. The molecule has 0 bridgehead atoms. The number of aliphatic hydroxyl groups is 1. The molecule has 0 saturated carbocycles. The highest BCUT2D eigenvalue weighted by Crippen LogP contribution is 2.60. The van der Waals surface area contributed by atoms with E-state index >= 15 is 0 Å². The topological polar surface area (TPSA) is 146 Å². The summed E-state index contributed by atoms with van der Waals surface area (Å²) in [5, 5.41) is 9.01. The Kier molecular flexibility index (Phi) is 6.78. The van der Waals surface area contributed by atoms with Gasteiger partial charge in [-0.05, 0) is 20.8 Å². The normalized spacial score (nSPS) is 31.5. The fraction of sp³-hybridized carbons (Fsp3) is 0.706. The van der Waals surface area contributed by atoms with Crippen LogP contribution >= 0.6 is 19.6 Å². The van der Waals surface area contributed by atoms with Crippen LogP contribution in [0.25, 0.3) is 0 Å². The zero-order valence-corrected chi connectivity index (χ0v) is 18.6. The van der Waals surface area contributed by atoms with Crippen molar-refractivity contribution in [3.63, 3.8) is 0 Å². The summed E-state index contributed by atoms with van der Waals surface area (Å²) in [6.45, 7) is 4.55. The summed E-state index contributed by atoms with van der Waals surface area (Å²) in [4.78, 5) is 37.4. The molecule has 4 atom stereocenters. The first-order chi connectivity index (χ1) is 14.0. The lowest BCUT2D eigenvalue weighted by molar-refractivity contribution is -0.119. The number of hydrogen-bond acceptors (Lipinski definition) is 10. The van der Waals surface area contributed by atoms with Gasteiger partial charge < -0.3 is 9.84 Å². The molecule has 1 aromatic rings. The molecule has 1 unspecified atom stereocenters. The molecule has 0 aliphatic carbocycles. The molecule has 2 fully saturated rings. The number of aromatic nitrogens is 2. The van der Waals surface area contributed by atoms with E-state index in [0.29, 0.717) is 0 Å². The number of ether oxygens (including phenoxy) is 1.